The molecule has 0 saturated carbocycles. The molecule has 2 aromatic carbocycles. The molecule has 27 heavy (non-hydrogen) atoms. The molecule has 1 aliphatic rings. The van der Waals surface area contributed by atoms with Crippen LogP contribution in [0.4, 0.5) is 15.8 Å². The van der Waals surface area contributed by atoms with Crippen molar-refractivity contribution in [1.82, 2.24) is 0 Å². The van der Waals surface area contributed by atoms with E-state index in [0.717, 1.165) is 4.90 Å². The highest BCUT2D eigenvalue weighted by Crippen LogP contribution is 2.38. The van der Waals surface area contributed by atoms with Crippen molar-refractivity contribution in [2.24, 2.45) is 0 Å². The Morgan fingerprint density at radius 2 is 1.67 bits per heavy atom. The number of amides is 3. The Bertz CT molecular complexity index is 937. The quantitative estimate of drug-likeness (QED) is 0.796. The third kappa shape index (κ3) is 3.78. The zero-order valence-electron chi connectivity index (χ0n) is 14.8. The Morgan fingerprint density at radius 3 is 2.22 bits per heavy atom. The molecule has 3 rings (SSSR count). The topological polar surface area (TPSA) is 66.5 Å². The molecule has 0 bridgehead atoms. The van der Waals surface area contributed by atoms with Crippen molar-refractivity contribution < 1.29 is 18.8 Å². The number of carbonyl (C=O) groups is 3. The second-order valence-electron chi connectivity index (χ2n) is 5.82. The van der Waals surface area contributed by atoms with Gasteiger partial charge in [-0.25, -0.2) is 9.29 Å². The van der Waals surface area contributed by atoms with Crippen molar-refractivity contribution in [3.63, 3.8) is 0 Å². The van der Waals surface area contributed by atoms with E-state index in [9.17, 15) is 18.8 Å². The molecule has 3 amide bonds. The number of benzene rings is 2. The minimum Gasteiger partial charge on any atom is -0.326 e. The van der Waals surface area contributed by atoms with E-state index in [1.54, 1.807) is 24.3 Å². The first-order valence-electron chi connectivity index (χ1n) is 8.31. The number of rotatable bonds is 5. The molecule has 0 spiro atoms. The minimum absolute atomic E-state index is 0.210. The molecular formula is C20H17FN2O3S. The average Bonchev–Trinajstić information content (AvgIpc) is 2.87. The summed E-state index contributed by atoms with van der Waals surface area (Å²) in [6.07, 6.45) is 0. The molecule has 0 saturated heterocycles. The van der Waals surface area contributed by atoms with Crippen LogP contribution in [0.3, 0.4) is 0 Å². The maximum absolute atomic E-state index is 13.2. The van der Waals surface area contributed by atoms with E-state index in [4.69, 9.17) is 0 Å². The first-order valence-corrected chi connectivity index (χ1v) is 9.30. The number of halogens is 1. The molecule has 0 atom stereocenters. The van der Waals surface area contributed by atoms with Gasteiger partial charge in [0, 0.05) is 12.6 Å². The fraction of sp³-hybridized carbons (Fsp3) is 0.150. The number of carbonyl (C=O) groups excluding carboxylic acids is 3. The standard InChI is InChI=1S/C20H17FN2O3S/c1-3-27-18-17(13-4-6-14(21)7-5-13)19(25)23(20(18)26)16-10-8-15(9-11-16)22-12(2)24/h4-11H,3H2,1-2H3,(H,22,24). The predicted molar refractivity (Wildman–Crippen MR) is 105 cm³/mol. The first-order chi connectivity index (χ1) is 12.9. The fourth-order valence-corrected chi connectivity index (χ4v) is 3.64. The lowest BCUT2D eigenvalue weighted by Crippen LogP contribution is -2.31. The average molecular weight is 384 g/mol. The van der Waals surface area contributed by atoms with Crippen LogP contribution < -0.4 is 10.2 Å². The third-order valence-corrected chi connectivity index (χ3v) is 4.86. The van der Waals surface area contributed by atoms with Crippen molar-refractivity contribution in [3.8, 4) is 0 Å². The molecule has 0 aromatic heterocycles. The van der Waals surface area contributed by atoms with Crippen LogP contribution in [0, 0.1) is 5.82 Å². The molecule has 1 aliphatic heterocycles. The summed E-state index contributed by atoms with van der Waals surface area (Å²) < 4.78 is 13.2. The van der Waals surface area contributed by atoms with Crippen LogP contribution in [0.15, 0.2) is 53.4 Å². The molecule has 138 valence electrons. The zero-order chi connectivity index (χ0) is 19.6. The van der Waals surface area contributed by atoms with Gasteiger partial charge in [-0.05, 0) is 47.7 Å². The number of nitrogens with one attached hydrogen (secondary N) is 1. The van der Waals surface area contributed by atoms with Gasteiger partial charge in [0.2, 0.25) is 5.91 Å². The van der Waals surface area contributed by atoms with Gasteiger partial charge in [0.1, 0.15) is 5.82 Å². The molecule has 1 heterocycles. The SMILES string of the molecule is CCSC1=C(c2ccc(F)cc2)C(=O)N(c2ccc(NC(C)=O)cc2)C1=O. The summed E-state index contributed by atoms with van der Waals surface area (Å²) in [6, 6.07) is 12.0. The number of hydrogen-bond acceptors (Lipinski definition) is 4. The molecule has 0 radical (unpaired) electrons. The van der Waals surface area contributed by atoms with E-state index in [1.165, 1.54) is 43.0 Å². The van der Waals surface area contributed by atoms with Crippen molar-refractivity contribution in [2.75, 3.05) is 16.0 Å². The molecule has 7 heteroatoms. The van der Waals surface area contributed by atoms with Crippen molar-refractivity contribution in [3.05, 3.63) is 64.8 Å². The van der Waals surface area contributed by atoms with Crippen molar-refractivity contribution in [2.45, 2.75) is 13.8 Å². The number of nitrogens with zero attached hydrogens (tertiary/aromatic N) is 1. The van der Waals surface area contributed by atoms with E-state index in [2.05, 4.69) is 5.32 Å². The molecule has 0 fully saturated rings. The van der Waals surface area contributed by atoms with Crippen molar-refractivity contribution >= 4 is 46.4 Å². The molecule has 1 N–H and O–H groups in total. The Labute approximate surface area is 160 Å². The van der Waals surface area contributed by atoms with Gasteiger partial charge < -0.3 is 5.32 Å². The van der Waals surface area contributed by atoms with E-state index < -0.39 is 17.6 Å². The van der Waals surface area contributed by atoms with Gasteiger partial charge in [-0.15, -0.1) is 11.8 Å². The van der Waals surface area contributed by atoms with Gasteiger partial charge in [-0.3, -0.25) is 14.4 Å². The molecule has 0 aliphatic carbocycles. The summed E-state index contributed by atoms with van der Waals surface area (Å²) >= 11 is 1.28. The lowest BCUT2D eigenvalue weighted by molar-refractivity contribution is -0.120. The highest BCUT2D eigenvalue weighted by molar-refractivity contribution is 8.04. The van der Waals surface area contributed by atoms with Gasteiger partial charge in [-0.2, -0.15) is 0 Å². The van der Waals surface area contributed by atoms with Gasteiger partial charge in [0.15, 0.2) is 0 Å². The number of anilines is 2. The highest BCUT2D eigenvalue weighted by Gasteiger charge is 2.39. The zero-order valence-corrected chi connectivity index (χ0v) is 15.6. The van der Waals surface area contributed by atoms with Crippen molar-refractivity contribution in [1.29, 1.82) is 0 Å². The largest absolute Gasteiger partial charge is 0.326 e. The minimum atomic E-state index is -0.449. The van der Waals surface area contributed by atoms with Crippen LogP contribution in [0.5, 0.6) is 0 Å². The number of hydrogen-bond donors (Lipinski definition) is 1. The third-order valence-electron chi connectivity index (χ3n) is 3.91. The summed E-state index contributed by atoms with van der Waals surface area (Å²) in [6.45, 7) is 3.29. The van der Waals surface area contributed by atoms with Gasteiger partial charge in [0.05, 0.1) is 16.2 Å². The van der Waals surface area contributed by atoms with Gasteiger partial charge in [-0.1, -0.05) is 19.1 Å². The van der Waals surface area contributed by atoms with Crippen LogP contribution in [0.1, 0.15) is 19.4 Å². The van der Waals surface area contributed by atoms with Crippen LogP contribution >= 0.6 is 11.8 Å². The van der Waals surface area contributed by atoms with E-state index in [0.29, 0.717) is 27.6 Å². The lowest BCUT2D eigenvalue weighted by atomic mass is 10.1. The summed E-state index contributed by atoms with van der Waals surface area (Å²) in [5.74, 6) is -0.855. The maximum Gasteiger partial charge on any atom is 0.272 e. The summed E-state index contributed by atoms with van der Waals surface area (Å²) in [5, 5.41) is 2.64. The fourth-order valence-electron chi connectivity index (χ4n) is 2.79. The van der Waals surface area contributed by atoms with Gasteiger partial charge >= 0.3 is 0 Å². The monoisotopic (exact) mass is 384 g/mol. The summed E-state index contributed by atoms with van der Waals surface area (Å²) in [5.41, 5.74) is 1.76. The number of imide groups is 1. The van der Waals surface area contributed by atoms with Crippen LogP contribution in [0.25, 0.3) is 5.57 Å². The lowest BCUT2D eigenvalue weighted by Gasteiger charge is -2.15. The van der Waals surface area contributed by atoms with Gasteiger partial charge in [0.25, 0.3) is 11.8 Å². The van der Waals surface area contributed by atoms with E-state index in [-0.39, 0.29) is 11.5 Å². The Hall–Kier alpha value is -2.93. The second-order valence-corrected chi connectivity index (χ2v) is 7.09. The Balaban J connectivity index is 1.98. The second kappa shape index (κ2) is 7.75. The summed E-state index contributed by atoms with van der Waals surface area (Å²) in [4.78, 5) is 38.5. The van der Waals surface area contributed by atoms with Crippen LogP contribution in [-0.4, -0.2) is 23.5 Å². The molecule has 0 unspecified atom stereocenters. The summed E-state index contributed by atoms with van der Waals surface area (Å²) in [7, 11) is 0. The first kappa shape index (κ1) is 18.8. The Kier molecular flexibility index (Phi) is 5.41. The molecule has 2 aromatic rings. The smallest absolute Gasteiger partial charge is 0.272 e. The van der Waals surface area contributed by atoms with Crippen LogP contribution in [0.2, 0.25) is 0 Å². The molecular weight excluding hydrogens is 367 g/mol. The maximum atomic E-state index is 13.2. The normalized spacial score (nSPS) is 14.1. The highest BCUT2D eigenvalue weighted by atomic mass is 32.2. The van der Waals surface area contributed by atoms with E-state index in [1.807, 2.05) is 6.92 Å². The predicted octanol–water partition coefficient (Wildman–Crippen LogP) is 3.82. The number of thioether (sulfide) groups is 1. The Morgan fingerprint density at radius 1 is 1.04 bits per heavy atom. The molecule has 5 nitrogen and oxygen atoms in total. The van der Waals surface area contributed by atoms with Crippen LogP contribution in [-0.2, 0) is 14.4 Å². The van der Waals surface area contributed by atoms with E-state index >= 15 is 0 Å².